The fraction of sp³-hybridized carbons (Fsp3) is 0.440. The number of ether oxygens (including phenoxy) is 3. The van der Waals surface area contributed by atoms with Gasteiger partial charge in [0.05, 0.1) is 13.7 Å². The number of methoxy groups -OCH3 is 1. The first-order chi connectivity index (χ1) is 16.9. The Bertz CT molecular complexity index is 1100. The molecule has 1 aliphatic rings. The highest BCUT2D eigenvalue weighted by molar-refractivity contribution is 5.98. The Labute approximate surface area is 205 Å². The molecule has 1 saturated carbocycles. The lowest BCUT2D eigenvalue weighted by atomic mass is 9.77. The Kier molecular flexibility index (Phi) is 8.31. The minimum atomic E-state index is -4.91. The third kappa shape index (κ3) is 6.79. The Hall–Kier alpha value is -3.50. The standard InChI is InChI=1S/C25H27F4NO6/c1-15-7-10-24(11-8-15,23(32)33)30-22(31)17-3-6-20(34-2)21(14-17)35-12-9-16-13-18(4-5-19(16)26)36-25(27,28)29/h3-6,13-15H,7-12H2,1-2H3,(H,30,31)(H,32,33)/t15-,24-. The Morgan fingerprint density at radius 3 is 2.42 bits per heavy atom. The van der Waals surface area contributed by atoms with Gasteiger partial charge in [0.25, 0.3) is 5.91 Å². The van der Waals surface area contributed by atoms with E-state index in [1.807, 2.05) is 6.92 Å². The molecule has 0 aromatic heterocycles. The first-order valence-corrected chi connectivity index (χ1v) is 11.3. The van der Waals surface area contributed by atoms with Crippen LogP contribution in [0.3, 0.4) is 0 Å². The topological polar surface area (TPSA) is 94.1 Å². The highest BCUT2D eigenvalue weighted by Gasteiger charge is 2.42. The fourth-order valence-corrected chi connectivity index (χ4v) is 4.08. The molecule has 2 aromatic rings. The van der Waals surface area contributed by atoms with Crippen molar-refractivity contribution in [2.24, 2.45) is 5.92 Å². The maximum atomic E-state index is 14.1. The maximum Gasteiger partial charge on any atom is 0.573 e. The third-order valence-electron chi connectivity index (χ3n) is 6.20. The predicted molar refractivity (Wildman–Crippen MR) is 121 cm³/mol. The molecule has 0 heterocycles. The van der Waals surface area contributed by atoms with Crippen LogP contribution < -0.4 is 19.5 Å². The van der Waals surface area contributed by atoms with E-state index in [9.17, 15) is 32.3 Å². The SMILES string of the molecule is COc1ccc(C(=O)N[C@]2(C(=O)O)CC[C@@H](C)CC2)cc1OCCc1cc(OC(F)(F)F)ccc1F. The van der Waals surface area contributed by atoms with Gasteiger partial charge in [0.2, 0.25) is 0 Å². The lowest BCUT2D eigenvalue weighted by Crippen LogP contribution is -2.56. The second-order valence-corrected chi connectivity index (χ2v) is 8.79. The second-order valence-electron chi connectivity index (χ2n) is 8.79. The van der Waals surface area contributed by atoms with E-state index in [0.29, 0.717) is 31.6 Å². The zero-order valence-electron chi connectivity index (χ0n) is 19.8. The average molecular weight is 513 g/mol. The second kappa shape index (κ2) is 11.0. The predicted octanol–water partition coefficient (Wildman–Crippen LogP) is 5.12. The molecule has 3 rings (SSSR count). The lowest BCUT2D eigenvalue weighted by Gasteiger charge is -2.36. The van der Waals surface area contributed by atoms with E-state index in [-0.39, 0.29) is 35.7 Å². The van der Waals surface area contributed by atoms with Gasteiger partial charge in [0.1, 0.15) is 17.1 Å². The summed E-state index contributed by atoms with van der Waals surface area (Å²) in [5.41, 5.74) is -1.28. The zero-order chi connectivity index (χ0) is 26.5. The van der Waals surface area contributed by atoms with Crippen LogP contribution in [0.15, 0.2) is 36.4 Å². The molecule has 0 unspecified atom stereocenters. The van der Waals surface area contributed by atoms with Gasteiger partial charge in [-0.2, -0.15) is 0 Å². The number of nitrogens with one attached hydrogen (secondary N) is 1. The first kappa shape index (κ1) is 27.1. The molecule has 1 aliphatic carbocycles. The van der Waals surface area contributed by atoms with Crippen LogP contribution in [0.4, 0.5) is 17.6 Å². The molecule has 7 nitrogen and oxygen atoms in total. The van der Waals surface area contributed by atoms with Crippen LogP contribution in [0.1, 0.15) is 48.5 Å². The van der Waals surface area contributed by atoms with Gasteiger partial charge in [-0.15, -0.1) is 13.2 Å². The largest absolute Gasteiger partial charge is 0.573 e. The Morgan fingerprint density at radius 2 is 1.81 bits per heavy atom. The van der Waals surface area contributed by atoms with Crippen molar-refractivity contribution in [3.63, 3.8) is 0 Å². The molecular formula is C25H27F4NO6. The number of benzene rings is 2. The Balaban J connectivity index is 1.71. The lowest BCUT2D eigenvalue weighted by molar-refractivity contribution is -0.274. The first-order valence-electron chi connectivity index (χ1n) is 11.3. The molecular weight excluding hydrogens is 486 g/mol. The number of hydrogen-bond donors (Lipinski definition) is 2. The van der Waals surface area contributed by atoms with Crippen molar-refractivity contribution < 1.29 is 46.5 Å². The number of halogens is 4. The summed E-state index contributed by atoms with van der Waals surface area (Å²) in [6.07, 6.45) is -3.02. The Morgan fingerprint density at radius 1 is 1.11 bits per heavy atom. The summed E-state index contributed by atoms with van der Waals surface area (Å²) in [5.74, 6) is -2.20. The molecule has 0 bridgehead atoms. The van der Waals surface area contributed by atoms with Gasteiger partial charge in [-0.1, -0.05) is 6.92 Å². The fourth-order valence-electron chi connectivity index (χ4n) is 4.08. The molecule has 1 amide bonds. The van der Waals surface area contributed by atoms with Gasteiger partial charge in [-0.3, -0.25) is 4.79 Å². The maximum absolute atomic E-state index is 14.1. The van der Waals surface area contributed by atoms with Crippen molar-refractivity contribution in [2.75, 3.05) is 13.7 Å². The molecule has 0 saturated heterocycles. The summed E-state index contributed by atoms with van der Waals surface area (Å²) in [4.78, 5) is 24.9. The minimum absolute atomic E-state index is 0.0560. The van der Waals surface area contributed by atoms with E-state index in [0.717, 1.165) is 18.2 Å². The minimum Gasteiger partial charge on any atom is -0.493 e. The van der Waals surface area contributed by atoms with E-state index in [2.05, 4.69) is 10.1 Å². The monoisotopic (exact) mass is 513 g/mol. The van der Waals surface area contributed by atoms with Gasteiger partial charge in [-0.25, -0.2) is 9.18 Å². The van der Waals surface area contributed by atoms with E-state index in [1.54, 1.807) is 0 Å². The van der Waals surface area contributed by atoms with Crippen molar-refractivity contribution in [3.8, 4) is 17.2 Å². The quantitative estimate of drug-likeness (QED) is 0.453. The molecule has 0 radical (unpaired) electrons. The number of hydrogen-bond acceptors (Lipinski definition) is 5. The molecule has 2 N–H and O–H groups in total. The number of amides is 1. The summed E-state index contributed by atoms with van der Waals surface area (Å²) in [5, 5.41) is 12.4. The van der Waals surface area contributed by atoms with Crippen LogP contribution >= 0.6 is 0 Å². The molecule has 196 valence electrons. The molecule has 0 aliphatic heterocycles. The van der Waals surface area contributed by atoms with E-state index >= 15 is 0 Å². The van der Waals surface area contributed by atoms with Crippen LogP contribution in [0.25, 0.3) is 0 Å². The highest BCUT2D eigenvalue weighted by atomic mass is 19.4. The number of carbonyl (C=O) groups excluding carboxylic acids is 1. The summed E-state index contributed by atoms with van der Waals surface area (Å²) in [6, 6.07) is 6.97. The van der Waals surface area contributed by atoms with Crippen LogP contribution in [0.5, 0.6) is 17.2 Å². The molecule has 2 aromatic carbocycles. The number of carbonyl (C=O) groups is 2. The van der Waals surface area contributed by atoms with E-state index in [1.165, 1.54) is 25.3 Å². The van der Waals surface area contributed by atoms with Gasteiger partial charge in [0, 0.05) is 12.0 Å². The third-order valence-corrected chi connectivity index (χ3v) is 6.20. The van der Waals surface area contributed by atoms with Crippen LogP contribution in [0, 0.1) is 11.7 Å². The number of carboxylic acids is 1. The molecule has 0 atom stereocenters. The zero-order valence-corrected chi connectivity index (χ0v) is 19.8. The number of carboxylic acid groups (broad SMARTS) is 1. The van der Waals surface area contributed by atoms with Crippen LogP contribution in [0.2, 0.25) is 0 Å². The van der Waals surface area contributed by atoms with Crippen molar-refractivity contribution in [1.29, 1.82) is 0 Å². The summed E-state index contributed by atoms with van der Waals surface area (Å²) < 4.78 is 66.1. The molecule has 11 heteroatoms. The average Bonchev–Trinajstić information content (AvgIpc) is 2.81. The van der Waals surface area contributed by atoms with Crippen LogP contribution in [-0.4, -0.2) is 42.6 Å². The van der Waals surface area contributed by atoms with Gasteiger partial charge in [0.15, 0.2) is 11.5 Å². The van der Waals surface area contributed by atoms with Crippen molar-refractivity contribution in [3.05, 3.63) is 53.3 Å². The van der Waals surface area contributed by atoms with Gasteiger partial charge < -0.3 is 24.6 Å². The summed E-state index contributed by atoms with van der Waals surface area (Å²) in [6.45, 7) is 1.89. The smallest absolute Gasteiger partial charge is 0.493 e. The normalized spacial score (nSPS) is 19.9. The number of rotatable bonds is 9. The van der Waals surface area contributed by atoms with Crippen molar-refractivity contribution in [2.45, 2.75) is 50.9 Å². The molecule has 36 heavy (non-hydrogen) atoms. The highest BCUT2D eigenvalue weighted by Crippen LogP contribution is 2.34. The van der Waals surface area contributed by atoms with E-state index in [4.69, 9.17) is 9.47 Å². The molecule has 0 spiro atoms. The summed E-state index contributed by atoms with van der Waals surface area (Å²) in [7, 11) is 1.38. The van der Waals surface area contributed by atoms with Crippen molar-refractivity contribution >= 4 is 11.9 Å². The summed E-state index contributed by atoms with van der Waals surface area (Å²) >= 11 is 0. The molecule has 1 fully saturated rings. The van der Waals surface area contributed by atoms with E-state index < -0.39 is 35.3 Å². The number of aliphatic carboxylic acids is 1. The van der Waals surface area contributed by atoms with Crippen molar-refractivity contribution in [1.82, 2.24) is 5.32 Å². The number of alkyl halides is 3. The van der Waals surface area contributed by atoms with Gasteiger partial charge in [-0.05, 0) is 73.6 Å². The van der Waals surface area contributed by atoms with Gasteiger partial charge >= 0.3 is 12.3 Å². The van der Waals surface area contributed by atoms with Crippen LogP contribution in [-0.2, 0) is 11.2 Å².